The van der Waals surface area contributed by atoms with Gasteiger partial charge in [0.1, 0.15) is 6.61 Å². The van der Waals surface area contributed by atoms with E-state index in [9.17, 15) is 0 Å². The van der Waals surface area contributed by atoms with Crippen LogP contribution in [-0.4, -0.2) is 11.6 Å². The number of halogens is 2. The molecule has 86 valence electrons. The van der Waals surface area contributed by atoms with Gasteiger partial charge in [0.15, 0.2) is 0 Å². The topological polar surface area (TPSA) is 22.1 Å². The zero-order valence-electron chi connectivity index (χ0n) is 8.91. The van der Waals surface area contributed by atoms with Gasteiger partial charge in [0.05, 0.1) is 17.1 Å². The second-order valence-corrected chi connectivity index (χ2v) is 4.27. The molecule has 0 radical (unpaired) electrons. The highest BCUT2D eigenvalue weighted by molar-refractivity contribution is 6.36. The Morgan fingerprint density at radius 1 is 1.35 bits per heavy atom. The molecule has 2 rings (SSSR count). The molecule has 0 bridgehead atoms. The van der Waals surface area contributed by atoms with Gasteiger partial charge >= 0.3 is 0 Å². The number of hydrogen-bond donors (Lipinski definition) is 0. The average molecular weight is 266 g/mol. The highest BCUT2D eigenvalue weighted by Crippen LogP contribution is 2.27. The van der Waals surface area contributed by atoms with Gasteiger partial charge in [-0.2, -0.15) is 0 Å². The molecule has 0 aliphatic carbocycles. The zero-order chi connectivity index (χ0) is 12.3. The SMILES string of the molecule is C#CCOCc1cnc2cc(Cl)ccc2c1Cl. The van der Waals surface area contributed by atoms with Crippen LogP contribution in [0, 0.1) is 12.3 Å². The van der Waals surface area contributed by atoms with Crippen LogP contribution in [0.2, 0.25) is 10.0 Å². The molecule has 1 aromatic heterocycles. The molecular weight excluding hydrogens is 257 g/mol. The first-order valence-electron chi connectivity index (χ1n) is 4.96. The monoisotopic (exact) mass is 265 g/mol. The van der Waals surface area contributed by atoms with Crippen molar-refractivity contribution in [3.05, 3.63) is 40.0 Å². The number of ether oxygens (including phenoxy) is 1. The van der Waals surface area contributed by atoms with E-state index in [4.69, 9.17) is 34.4 Å². The van der Waals surface area contributed by atoms with E-state index in [0.717, 1.165) is 16.5 Å². The third-order valence-corrected chi connectivity index (χ3v) is 2.96. The maximum absolute atomic E-state index is 6.26. The maximum Gasteiger partial charge on any atom is 0.107 e. The number of benzene rings is 1. The Morgan fingerprint density at radius 2 is 2.18 bits per heavy atom. The second-order valence-electron chi connectivity index (χ2n) is 3.46. The van der Waals surface area contributed by atoms with Gasteiger partial charge in [0, 0.05) is 22.2 Å². The van der Waals surface area contributed by atoms with Crippen molar-refractivity contribution in [2.24, 2.45) is 0 Å². The number of aromatic nitrogens is 1. The summed E-state index contributed by atoms with van der Waals surface area (Å²) in [6.45, 7) is 0.615. The number of hydrogen-bond acceptors (Lipinski definition) is 2. The van der Waals surface area contributed by atoms with Gasteiger partial charge in [0.2, 0.25) is 0 Å². The van der Waals surface area contributed by atoms with Crippen molar-refractivity contribution in [2.75, 3.05) is 6.61 Å². The molecule has 0 N–H and O–H groups in total. The van der Waals surface area contributed by atoms with Gasteiger partial charge < -0.3 is 4.74 Å². The van der Waals surface area contributed by atoms with Gasteiger partial charge in [0.25, 0.3) is 0 Å². The quantitative estimate of drug-likeness (QED) is 0.624. The minimum atomic E-state index is 0.259. The fourth-order valence-corrected chi connectivity index (χ4v) is 1.92. The zero-order valence-corrected chi connectivity index (χ0v) is 10.4. The van der Waals surface area contributed by atoms with E-state index in [1.54, 1.807) is 18.3 Å². The molecular formula is C13H9Cl2NO. The van der Waals surface area contributed by atoms with Crippen molar-refractivity contribution in [1.29, 1.82) is 0 Å². The van der Waals surface area contributed by atoms with E-state index in [-0.39, 0.29) is 6.61 Å². The Kier molecular flexibility index (Phi) is 3.86. The van der Waals surface area contributed by atoms with Crippen molar-refractivity contribution in [3.63, 3.8) is 0 Å². The first-order chi connectivity index (χ1) is 8.22. The Morgan fingerprint density at radius 3 is 2.94 bits per heavy atom. The number of fused-ring (bicyclic) bond motifs is 1. The minimum Gasteiger partial charge on any atom is -0.364 e. The van der Waals surface area contributed by atoms with E-state index < -0.39 is 0 Å². The molecule has 4 heteroatoms. The minimum absolute atomic E-state index is 0.259. The summed E-state index contributed by atoms with van der Waals surface area (Å²) in [5, 5.41) is 2.12. The van der Waals surface area contributed by atoms with Crippen LogP contribution in [-0.2, 0) is 11.3 Å². The van der Waals surface area contributed by atoms with Crippen molar-refractivity contribution < 1.29 is 4.74 Å². The maximum atomic E-state index is 6.26. The first kappa shape index (κ1) is 12.2. The van der Waals surface area contributed by atoms with E-state index >= 15 is 0 Å². The molecule has 0 spiro atoms. The van der Waals surface area contributed by atoms with Crippen LogP contribution in [0.3, 0.4) is 0 Å². The summed E-state index contributed by atoms with van der Waals surface area (Å²) in [6, 6.07) is 5.40. The molecule has 2 nitrogen and oxygen atoms in total. The third kappa shape index (κ3) is 2.70. The molecule has 0 amide bonds. The van der Waals surface area contributed by atoms with Crippen LogP contribution in [0.1, 0.15) is 5.56 Å². The summed E-state index contributed by atoms with van der Waals surface area (Å²) >= 11 is 12.1. The first-order valence-corrected chi connectivity index (χ1v) is 5.72. The normalized spacial score (nSPS) is 10.4. The Balaban J connectivity index is 2.37. The van der Waals surface area contributed by atoms with Crippen molar-refractivity contribution >= 4 is 34.1 Å². The third-order valence-electron chi connectivity index (χ3n) is 2.28. The molecule has 0 saturated heterocycles. The Hall–Kier alpha value is -1.27. The molecule has 0 unspecified atom stereocenters. The van der Waals surface area contributed by atoms with Gasteiger partial charge in [-0.25, -0.2) is 0 Å². The van der Waals surface area contributed by atoms with Crippen molar-refractivity contribution in [2.45, 2.75) is 6.61 Å². The van der Waals surface area contributed by atoms with Crippen LogP contribution in [0.25, 0.3) is 10.9 Å². The molecule has 1 heterocycles. The van der Waals surface area contributed by atoms with E-state index in [1.807, 2.05) is 6.07 Å². The molecule has 0 fully saturated rings. The summed E-state index contributed by atoms with van der Waals surface area (Å²) in [5.74, 6) is 2.40. The lowest BCUT2D eigenvalue weighted by molar-refractivity contribution is 0.153. The van der Waals surface area contributed by atoms with Gasteiger partial charge in [-0.15, -0.1) is 6.42 Å². The van der Waals surface area contributed by atoms with Gasteiger partial charge in [-0.3, -0.25) is 4.98 Å². The van der Waals surface area contributed by atoms with Gasteiger partial charge in [-0.05, 0) is 18.2 Å². The summed E-state index contributed by atoms with van der Waals surface area (Å²) in [5.41, 5.74) is 1.58. The Labute approximate surface area is 110 Å². The van der Waals surface area contributed by atoms with Crippen LogP contribution >= 0.6 is 23.2 Å². The molecule has 0 atom stereocenters. The van der Waals surface area contributed by atoms with Crippen molar-refractivity contribution in [1.82, 2.24) is 4.98 Å². The van der Waals surface area contributed by atoms with Crippen LogP contribution in [0.5, 0.6) is 0 Å². The van der Waals surface area contributed by atoms with E-state index in [0.29, 0.717) is 16.7 Å². The number of rotatable bonds is 3. The second kappa shape index (κ2) is 5.37. The highest BCUT2D eigenvalue weighted by atomic mass is 35.5. The summed E-state index contributed by atoms with van der Waals surface area (Å²) < 4.78 is 5.24. The van der Waals surface area contributed by atoms with Crippen LogP contribution in [0.15, 0.2) is 24.4 Å². The fourth-order valence-electron chi connectivity index (χ4n) is 1.49. The highest BCUT2D eigenvalue weighted by Gasteiger charge is 2.07. The molecule has 1 aromatic carbocycles. The summed E-state index contributed by atoms with van der Waals surface area (Å²) in [7, 11) is 0. The predicted molar refractivity (Wildman–Crippen MR) is 70.3 cm³/mol. The van der Waals surface area contributed by atoms with Crippen LogP contribution in [0.4, 0.5) is 0 Å². The lowest BCUT2D eigenvalue weighted by Crippen LogP contribution is -1.95. The van der Waals surface area contributed by atoms with Crippen molar-refractivity contribution in [3.8, 4) is 12.3 Å². The molecule has 0 aliphatic heterocycles. The van der Waals surface area contributed by atoms with E-state index in [1.165, 1.54) is 0 Å². The molecule has 17 heavy (non-hydrogen) atoms. The lowest BCUT2D eigenvalue weighted by Gasteiger charge is -2.07. The fraction of sp³-hybridized carbons (Fsp3) is 0.154. The molecule has 2 aromatic rings. The molecule has 0 aliphatic rings. The molecule has 0 saturated carbocycles. The number of pyridine rings is 1. The smallest absolute Gasteiger partial charge is 0.107 e. The lowest BCUT2D eigenvalue weighted by atomic mass is 10.1. The number of terminal acetylenes is 1. The summed E-state index contributed by atoms with van der Waals surface area (Å²) in [6.07, 6.45) is 6.78. The standard InChI is InChI=1S/C13H9Cl2NO/c1-2-5-17-8-9-7-16-12-6-10(14)3-4-11(12)13(9)15/h1,3-4,6-7H,5,8H2. The van der Waals surface area contributed by atoms with E-state index in [2.05, 4.69) is 10.9 Å². The largest absolute Gasteiger partial charge is 0.364 e. The number of nitrogens with zero attached hydrogens (tertiary/aromatic N) is 1. The van der Waals surface area contributed by atoms with Gasteiger partial charge in [-0.1, -0.05) is 29.1 Å². The Bertz CT molecular complexity index is 590. The van der Waals surface area contributed by atoms with Crippen LogP contribution < -0.4 is 0 Å². The average Bonchev–Trinajstić information content (AvgIpc) is 2.32. The predicted octanol–water partition coefficient (Wildman–Crippen LogP) is 3.69. The summed E-state index contributed by atoms with van der Waals surface area (Å²) in [4.78, 5) is 4.28.